The first-order chi connectivity index (χ1) is 22.4. The first-order valence-corrected chi connectivity index (χ1v) is 21.9. The van der Waals surface area contributed by atoms with Crippen LogP contribution < -0.4 is 0 Å². The van der Waals surface area contributed by atoms with Crippen molar-refractivity contribution in [3.8, 4) is 0 Å². The summed E-state index contributed by atoms with van der Waals surface area (Å²) < 4.78 is 40.4. The van der Waals surface area contributed by atoms with Crippen LogP contribution in [0.4, 0.5) is 0 Å². The molecule has 2 aliphatic heterocycles. The maximum Gasteiger partial charge on any atom is 0.303 e. The number of hydrogen-bond acceptors (Lipinski definition) is 10. The molecule has 2 aliphatic rings. The SMILES string of the molecule is CCCCCCCCCCCCCCCCCC[Si](C)(C)CCOC1(C)OC2OC(COC(C)=O)C(OC(C)=O)C(OC(C)=O)C2O1. The third kappa shape index (κ3) is 17.1. The Morgan fingerprint density at radius 1 is 0.660 bits per heavy atom. The molecule has 0 N–H and O–H groups in total. The van der Waals surface area contributed by atoms with E-state index in [0.717, 1.165) is 6.04 Å². The molecule has 2 rings (SSSR count). The van der Waals surface area contributed by atoms with Crippen molar-refractivity contribution in [2.45, 2.75) is 199 Å². The highest BCUT2D eigenvalue weighted by Crippen LogP contribution is 2.40. The average Bonchev–Trinajstić information content (AvgIpc) is 3.32. The normalized spacial score (nSPS) is 25.7. The number of ether oxygens (including phenoxy) is 7. The summed E-state index contributed by atoms with van der Waals surface area (Å²) in [5, 5.41) is 0. The zero-order valence-corrected chi connectivity index (χ0v) is 31.6. The largest absolute Gasteiger partial charge is 0.463 e. The van der Waals surface area contributed by atoms with Crippen molar-refractivity contribution in [2.75, 3.05) is 13.2 Å². The Morgan fingerprint density at radius 3 is 1.64 bits per heavy atom. The summed E-state index contributed by atoms with van der Waals surface area (Å²) in [5.41, 5.74) is 0. The van der Waals surface area contributed by atoms with Gasteiger partial charge in [0.25, 0.3) is 5.97 Å². The molecule has 2 heterocycles. The van der Waals surface area contributed by atoms with Crippen LogP contribution in [0.5, 0.6) is 0 Å². The molecule has 0 bridgehead atoms. The van der Waals surface area contributed by atoms with Crippen LogP contribution in [0, 0.1) is 0 Å². The Hall–Kier alpha value is -1.53. The molecule has 6 atom stereocenters. The molecule has 0 radical (unpaired) electrons. The molecular weight excluding hydrogens is 620 g/mol. The van der Waals surface area contributed by atoms with Crippen molar-refractivity contribution in [3.05, 3.63) is 0 Å². The van der Waals surface area contributed by atoms with Crippen LogP contribution in [0.2, 0.25) is 25.2 Å². The smallest absolute Gasteiger partial charge is 0.303 e. The maximum atomic E-state index is 12.0. The first-order valence-electron chi connectivity index (χ1n) is 18.5. The minimum atomic E-state index is -1.49. The van der Waals surface area contributed by atoms with Gasteiger partial charge in [-0.05, 0) is 6.04 Å². The van der Waals surface area contributed by atoms with Crippen LogP contribution in [0.15, 0.2) is 0 Å². The average molecular weight is 687 g/mol. The van der Waals surface area contributed by atoms with E-state index in [1.807, 2.05) is 0 Å². The van der Waals surface area contributed by atoms with E-state index in [0.29, 0.717) is 6.61 Å². The van der Waals surface area contributed by atoms with Gasteiger partial charge in [0.1, 0.15) is 12.7 Å². The minimum absolute atomic E-state index is 0.214. The van der Waals surface area contributed by atoms with Gasteiger partial charge in [-0.2, -0.15) is 0 Å². The zero-order chi connectivity index (χ0) is 34.7. The fraction of sp³-hybridized carbons (Fsp3) is 0.917. The van der Waals surface area contributed by atoms with Crippen molar-refractivity contribution >= 4 is 26.0 Å². The number of carbonyl (C=O) groups excluding carboxylic acids is 3. The lowest BCUT2D eigenvalue weighted by atomic mass is 9.98. The molecular formula is C36H66O10Si. The summed E-state index contributed by atoms with van der Waals surface area (Å²) in [6.45, 7) is 12.7. The zero-order valence-electron chi connectivity index (χ0n) is 30.6. The molecule has 0 aromatic rings. The second kappa shape index (κ2) is 22.2. The second-order valence-corrected chi connectivity index (χ2v) is 19.7. The summed E-state index contributed by atoms with van der Waals surface area (Å²) >= 11 is 0. The number of rotatable bonds is 25. The van der Waals surface area contributed by atoms with E-state index in [4.69, 9.17) is 33.2 Å². The quantitative estimate of drug-likeness (QED) is 0.0403. The van der Waals surface area contributed by atoms with Gasteiger partial charge in [0, 0.05) is 35.8 Å². The predicted octanol–water partition coefficient (Wildman–Crippen LogP) is 8.21. The van der Waals surface area contributed by atoms with E-state index in [1.54, 1.807) is 6.92 Å². The molecule has 0 saturated carbocycles. The molecule has 10 nitrogen and oxygen atoms in total. The third-order valence-corrected chi connectivity index (χ3v) is 12.4. The Labute approximate surface area is 285 Å². The van der Waals surface area contributed by atoms with Crippen LogP contribution in [0.25, 0.3) is 0 Å². The molecule has 0 aliphatic carbocycles. The van der Waals surface area contributed by atoms with Gasteiger partial charge in [-0.15, -0.1) is 0 Å². The van der Waals surface area contributed by atoms with Gasteiger partial charge in [-0.3, -0.25) is 19.1 Å². The van der Waals surface area contributed by atoms with E-state index in [2.05, 4.69) is 20.0 Å². The Bertz CT molecular complexity index is 914. The monoisotopic (exact) mass is 686 g/mol. The van der Waals surface area contributed by atoms with Gasteiger partial charge >= 0.3 is 17.9 Å². The van der Waals surface area contributed by atoms with Gasteiger partial charge in [0.05, 0.1) is 6.61 Å². The van der Waals surface area contributed by atoms with Crippen molar-refractivity contribution in [1.82, 2.24) is 0 Å². The molecule has 274 valence electrons. The highest BCUT2D eigenvalue weighted by Gasteiger charge is 2.59. The second-order valence-electron chi connectivity index (χ2n) is 14.4. The molecule has 0 aromatic heterocycles. The third-order valence-electron chi connectivity index (χ3n) is 9.18. The first kappa shape index (κ1) is 41.6. The van der Waals surface area contributed by atoms with E-state index in [9.17, 15) is 14.4 Å². The number of carbonyl (C=O) groups is 3. The number of unbranched alkanes of at least 4 members (excludes halogenated alkanes) is 15. The molecule has 2 fully saturated rings. The van der Waals surface area contributed by atoms with Crippen molar-refractivity contribution in [1.29, 1.82) is 0 Å². The van der Waals surface area contributed by atoms with Crippen molar-refractivity contribution in [3.63, 3.8) is 0 Å². The molecule has 6 unspecified atom stereocenters. The molecule has 2 saturated heterocycles. The number of hydrogen-bond donors (Lipinski definition) is 0. The van der Waals surface area contributed by atoms with Crippen LogP contribution in [-0.4, -0.2) is 75.9 Å². The predicted molar refractivity (Wildman–Crippen MR) is 183 cm³/mol. The van der Waals surface area contributed by atoms with E-state index < -0.39 is 62.7 Å². The summed E-state index contributed by atoms with van der Waals surface area (Å²) in [6.07, 6.45) is 17.1. The van der Waals surface area contributed by atoms with Gasteiger partial charge in [0.2, 0.25) is 0 Å². The van der Waals surface area contributed by atoms with Crippen LogP contribution in [-0.2, 0) is 47.5 Å². The molecule has 47 heavy (non-hydrogen) atoms. The lowest BCUT2D eigenvalue weighted by Gasteiger charge is -2.40. The Kier molecular flexibility index (Phi) is 19.7. The summed E-state index contributed by atoms with van der Waals surface area (Å²) in [6, 6.07) is 2.20. The highest BCUT2D eigenvalue weighted by molar-refractivity contribution is 6.77. The standard InChI is InChI=1S/C36H66O10Si/c1-8-9-10-11-12-13-14-15-16-17-18-19-20-21-22-23-25-47(6,7)26-24-41-36(5)45-34-33(43-30(4)39)32(42-29(3)38)31(27-40-28(2)37)44-35(34)46-36/h31-35H,8-27H2,1-7H3. The van der Waals surface area contributed by atoms with Gasteiger partial charge < -0.3 is 28.4 Å². The van der Waals surface area contributed by atoms with E-state index in [1.165, 1.54) is 130 Å². The molecule has 11 heteroatoms. The molecule has 0 aromatic carbocycles. The topological polar surface area (TPSA) is 116 Å². The van der Waals surface area contributed by atoms with E-state index in [-0.39, 0.29) is 6.61 Å². The van der Waals surface area contributed by atoms with Crippen LogP contribution >= 0.6 is 0 Å². The fourth-order valence-electron chi connectivity index (χ4n) is 6.44. The Morgan fingerprint density at radius 2 is 1.15 bits per heavy atom. The fourth-order valence-corrected chi connectivity index (χ4v) is 8.55. The highest BCUT2D eigenvalue weighted by atomic mass is 28.3. The lowest BCUT2D eigenvalue weighted by molar-refractivity contribution is -0.342. The van der Waals surface area contributed by atoms with Crippen molar-refractivity contribution in [2.24, 2.45) is 0 Å². The summed E-state index contributed by atoms with van der Waals surface area (Å²) in [7, 11) is -1.49. The lowest BCUT2D eigenvalue weighted by Crippen LogP contribution is -2.60. The number of fused-ring (bicyclic) bond motifs is 1. The van der Waals surface area contributed by atoms with E-state index >= 15 is 0 Å². The Balaban J connectivity index is 1.67. The van der Waals surface area contributed by atoms with Gasteiger partial charge in [-0.25, -0.2) is 0 Å². The summed E-state index contributed by atoms with van der Waals surface area (Å²) in [4.78, 5) is 35.4. The molecule has 0 amide bonds. The number of esters is 3. The van der Waals surface area contributed by atoms with Gasteiger partial charge in [0.15, 0.2) is 24.6 Å². The van der Waals surface area contributed by atoms with Crippen LogP contribution in [0.3, 0.4) is 0 Å². The maximum absolute atomic E-state index is 12.0. The molecule has 0 spiro atoms. The van der Waals surface area contributed by atoms with Gasteiger partial charge in [-0.1, -0.05) is 129 Å². The van der Waals surface area contributed by atoms with Crippen LogP contribution in [0.1, 0.15) is 137 Å². The summed E-state index contributed by atoms with van der Waals surface area (Å²) in [5.74, 6) is -3.15. The minimum Gasteiger partial charge on any atom is -0.463 e. The van der Waals surface area contributed by atoms with Crippen molar-refractivity contribution < 1.29 is 47.5 Å².